The Morgan fingerprint density at radius 2 is 0.663 bits per heavy atom. The molecule has 0 saturated heterocycles. The minimum Gasteiger partial charge on any atom is -0.382 e. The van der Waals surface area contributed by atoms with Gasteiger partial charge in [-0.25, -0.2) is 4.79 Å². The van der Waals surface area contributed by atoms with E-state index in [9.17, 15) is 19.2 Å². The Morgan fingerprint density at radius 3 is 0.913 bits per heavy atom. The monoisotopic (exact) mass is 1500 g/mol. The van der Waals surface area contributed by atoms with E-state index in [0.717, 1.165) is 5.56 Å². The fourth-order valence-corrected chi connectivity index (χ4v) is 8.21. The van der Waals surface area contributed by atoms with E-state index in [4.69, 9.17) is 125 Å². The van der Waals surface area contributed by atoms with Gasteiger partial charge < -0.3 is 146 Å². The molecular weight excluding hydrogens is 1370 g/mol. The zero-order chi connectivity index (χ0) is 75.3. The maximum Gasteiger partial charge on any atom is 0.312 e. The molecule has 2 atom stereocenters. The van der Waals surface area contributed by atoms with Gasteiger partial charge >= 0.3 is 6.03 Å². The molecule has 34 nitrogen and oxygen atoms in total. The number of anilines is 1. The number of nitrogens with one attached hydrogen (secondary N) is 3. The molecule has 7 N–H and O–H groups in total. The largest absolute Gasteiger partial charge is 0.382 e. The molecule has 0 unspecified atom stereocenters. The molecule has 0 aliphatic carbocycles. The highest BCUT2D eigenvalue weighted by Gasteiger charge is 2.26. The fraction of sp³-hybridized carbons (Fsp3) is 0.843. The first-order chi connectivity index (χ1) is 51.0. The van der Waals surface area contributed by atoms with E-state index in [-0.39, 0.29) is 44.4 Å². The van der Waals surface area contributed by atoms with Gasteiger partial charge in [0.2, 0.25) is 17.7 Å². The minimum atomic E-state index is -0.921. The summed E-state index contributed by atoms with van der Waals surface area (Å²) < 4.78 is 132. The molecule has 1 rings (SSSR count). The molecule has 1 aromatic rings. The van der Waals surface area contributed by atoms with Gasteiger partial charge in [-0.2, -0.15) is 0 Å². The molecule has 104 heavy (non-hydrogen) atoms. The quantitative estimate of drug-likeness (QED) is 0.0570. The van der Waals surface area contributed by atoms with Crippen LogP contribution in [-0.4, -0.2) is 372 Å². The van der Waals surface area contributed by atoms with Gasteiger partial charge in [0.25, 0.3) is 0 Å². The van der Waals surface area contributed by atoms with E-state index in [1.807, 2.05) is 13.8 Å². The highest BCUT2D eigenvalue weighted by atomic mass is 16.6. The van der Waals surface area contributed by atoms with Gasteiger partial charge in [0, 0.05) is 32.9 Å². The Labute approximate surface area is 617 Å². The lowest BCUT2D eigenvalue weighted by Crippen LogP contribution is -2.51. The number of ether oxygens (including phenoxy) is 24. The Balaban J connectivity index is 1.75. The highest BCUT2D eigenvalue weighted by Crippen LogP contribution is 2.18. The van der Waals surface area contributed by atoms with E-state index in [0.29, 0.717) is 322 Å². The number of rotatable bonds is 83. The first-order valence-electron chi connectivity index (χ1n) is 36.3. The predicted octanol–water partition coefficient (Wildman–Crippen LogP) is 1.10. The van der Waals surface area contributed by atoms with E-state index in [1.54, 1.807) is 37.3 Å². The molecule has 0 spiro atoms. The summed E-state index contributed by atoms with van der Waals surface area (Å²) in [7, 11) is 3.32. The summed E-state index contributed by atoms with van der Waals surface area (Å²) in [6, 6.07) is 2.76. The standard InChI is InChI=1S/C70H131N6O28/c1-61(2)67(71)69(79)75-65(7-6-11-73-70(72)80)68(78)74-64-9-8-62(3)63(59-64)60-76(4)66(77)10-12-82-15-16-84-19-20-86-23-24-88-27-28-90-31-32-92-35-36-94-39-40-96-43-44-98-47-48-100-51-52-102-55-56-104-58-57-103-54-53-101-50-49-99-46-45-97-42-41-95-38-37-93-34-33-91-30-29-89-26-25-87-22-21-85-18-17-83-14-13-81-5/h8-9,59,61,65,67H,3,6-7,10-58,60,71H2,1-2,4-5H3,(H,74,78)(H,75,79)(H3,72,73,80)/t65-,67-/m0/s1. The second-order valence-corrected chi connectivity index (χ2v) is 22.8. The number of urea groups is 1. The zero-order valence-corrected chi connectivity index (χ0v) is 63.0. The molecule has 0 saturated carbocycles. The number of nitrogens with zero attached hydrogens (tertiary/aromatic N) is 1. The van der Waals surface area contributed by atoms with Crippen LogP contribution >= 0.6 is 0 Å². The van der Waals surface area contributed by atoms with Crippen molar-refractivity contribution in [3.05, 3.63) is 36.2 Å². The Bertz CT molecular complexity index is 2070. The van der Waals surface area contributed by atoms with E-state index < -0.39 is 29.9 Å². The van der Waals surface area contributed by atoms with Crippen molar-refractivity contribution in [1.29, 1.82) is 0 Å². The van der Waals surface area contributed by atoms with Crippen LogP contribution in [0.4, 0.5) is 10.5 Å². The van der Waals surface area contributed by atoms with Crippen LogP contribution in [0.15, 0.2) is 18.2 Å². The number of hydrogen-bond acceptors (Lipinski definition) is 29. The SMILES string of the molecule is [CH2]c1ccc(NC(=O)[C@H](CCCNC(N)=O)NC(=O)[C@@H](N)C(C)C)cc1CN(C)C(=O)CCOCCOCCOCCOCCOCCOCCOCCOCCOCCOCCOCCOCCOCCOCCOCCOCCOCCOCCOCCOCCOCCOCCOCCOC. The lowest BCUT2D eigenvalue weighted by atomic mass is 10.0. The lowest BCUT2D eigenvalue weighted by Gasteiger charge is -2.23. The maximum atomic E-state index is 13.3. The van der Waals surface area contributed by atoms with E-state index in [2.05, 4.69) is 22.9 Å². The molecule has 5 amide bonds. The van der Waals surface area contributed by atoms with Crippen LogP contribution in [0.1, 0.15) is 44.2 Å². The smallest absolute Gasteiger partial charge is 0.312 e. The second kappa shape index (κ2) is 77.1. The van der Waals surface area contributed by atoms with Crippen LogP contribution in [0.25, 0.3) is 0 Å². The number of nitrogens with two attached hydrogens (primary N) is 2. The number of primary amides is 1. The van der Waals surface area contributed by atoms with Crippen LogP contribution in [0.3, 0.4) is 0 Å². The Hall–Kier alpha value is -4.10. The Kier molecular flexibility index (Phi) is 72.6. The van der Waals surface area contributed by atoms with Gasteiger partial charge in [-0.1, -0.05) is 19.9 Å². The highest BCUT2D eigenvalue weighted by molar-refractivity contribution is 5.98. The van der Waals surface area contributed by atoms with Crippen LogP contribution < -0.4 is 27.4 Å². The topological polar surface area (TPSA) is 381 Å². The average molecular weight is 1500 g/mol. The molecule has 609 valence electrons. The summed E-state index contributed by atoms with van der Waals surface area (Å²) in [6.07, 6.45) is 0.769. The number of carbonyl (C=O) groups excluding carboxylic acids is 4. The van der Waals surface area contributed by atoms with Crippen molar-refractivity contribution >= 4 is 29.4 Å². The molecule has 0 heterocycles. The van der Waals surface area contributed by atoms with Crippen molar-refractivity contribution in [2.75, 3.05) is 337 Å². The summed E-state index contributed by atoms with van der Waals surface area (Å²) in [5.41, 5.74) is 13.0. The van der Waals surface area contributed by atoms with Crippen LogP contribution in [0.5, 0.6) is 0 Å². The third kappa shape index (κ3) is 67.3. The second-order valence-electron chi connectivity index (χ2n) is 22.8. The van der Waals surface area contributed by atoms with Gasteiger partial charge in [0.05, 0.1) is 323 Å². The molecule has 1 aromatic carbocycles. The van der Waals surface area contributed by atoms with Crippen molar-refractivity contribution in [2.45, 2.75) is 51.7 Å². The summed E-state index contributed by atoms with van der Waals surface area (Å²) in [6.45, 7) is 30.0. The predicted molar refractivity (Wildman–Crippen MR) is 383 cm³/mol. The molecule has 0 aliphatic rings. The summed E-state index contributed by atoms with van der Waals surface area (Å²) in [5, 5.41) is 8.04. The molecule has 0 bridgehead atoms. The minimum absolute atomic E-state index is 0.136. The number of hydrogen-bond donors (Lipinski definition) is 5. The molecule has 0 aliphatic heterocycles. The summed E-state index contributed by atoms with van der Waals surface area (Å²) >= 11 is 0. The molecule has 0 fully saturated rings. The van der Waals surface area contributed by atoms with Crippen molar-refractivity contribution in [3.63, 3.8) is 0 Å². The van der Waals surface area contributed by atoms with Gasteiger partial charge in [0.1, 0.15) is 6.04 Å². The van der Waals surface area contributed by atoms with Gasteiger partial charge in [-0.05, 0) is 48.9 Å². The van der Waals surface area contributed by atoms with Crippen LogP contribution in [-0.2, 0) is 135 Å². The summed E-state index contributed by atoms with van der Waals surface area (Å²) in [5.74, 6) is -1.20. The average Bonchev–Trinajstić information content (AvgIpc) is 0.851. The first kappa shape index (κ1) is 97.9. The van der Waals surface area contributed by atoms with Crippen molar-refractivity contribution in [1.82, 2.24) is 15.5 Å². The van der Waals surface area contributed by atoms with E-state index in [1.165, 1.54) is 0 Å². The third-order valence-electron chi connectivity index (χ3n) is 14.0. The number of methoxy groups -OCH3 is 1. The molecule has 1 radical (unpaired) electrons. The normalized spacial score (nSPS) is 12.2. The maximum absolute atomic E-state index is 13.3. The van der Waals surface area contributed by atoms with Gasteiger partial charge in [-0.3, -0.25) is 14.4 Å². The molecular formula is C70H131N6O28. The third-order valence-corrected chi connectivity index (χ3v) is 14.0. The molecule has 0 aromatic heterocycles. The lowest BCUT2D eigenvalue weighted by molar-refractivity contribution is -0.131. The molecule has 34 heteroatoms. The fourth-order valence-electron chi connectivity index (χ4n) is 8.21. The number of amides is 5. The van der Waals surface area contributed by atoms with Crippen molar-refractivity contribution in [3.8, 4) is 0 Å². The van der Waals surface area contributed by atoms with Gasteiger partial charge in [0.15, 0.2) is 0 Å². The van der Waals surface area contributed by atoms with Crippen molar-refractivity contribution < 1.29 is 133 Å². The first-order valence-corrected chi connectivity index (χ1v) is 36.3. The van der Waals surface area contributed by atoms with Crippen LogP contribution in [0, 0.1) is 12.8 Å². The Morgan fingerprint density at radius 1 is 0.404 bits per heavy atom. The van der Waals surface area contributed by atoms with Gasteiger partial charge in [-0.15, -0.1) is 0 Å². The van der Waals surface area contributed by atoms with E-state index >= 15 is 0 Å². The van der Waals surface area contributed by atoms with Crippen LogP contribution in [0.2, 0.25) is 0 Å². The number of benzene rings is 1. The number of carbonyl (C=O) groups is 4. The summed E-state index contributed by atoms with van der Waals surface area (Å²) in [4.78, 5) is 51.6. The zero-order valence-electron chi connectivity index (χ0n) is 63.0. The van der Waals surface area contributed by atoms with Crippen molar-refractivity contribution in [2.24, 2.45) is 17.4 Å².